The van der Waals surface area contributed by atoms with Gasteiger partial charge in [0.15, 0.2) is 6.10 Å². The number of nitrogens with one attached hydrogen (secondary N) is 1. The zero-order valence-electron chi connectivity index (χ0n) is 13.0. The highest BCUT2D eigenvalue weighted by Gasteiger charge is 2.17. The topological polar surface area (TPSA) is 47.6 Å². The van der Waals surface area contributed by atoms with Crippen LogP contribution in [0, 0.1) is 0 Å². The van der Waals surface area contributed by atoms with Gasteiger partial charge in [-0.2, -0.15) is 0 Å². The maximum Gasteiger partial charge on any atom is 0.260 e. The van der Waals surface area contributed by atoms with Crippen molar-refractivity contribution in [2.75, 3.05) is 20.3 Å². The van der Waals surface area contributed by atoms with Crippen molar-refractivity contribution in [1.82, 2.24) is 5.32 Å². The first-order valence-electron chi connectivity index (χ1n) is 6.88. The first-order chi connectivity index (χ1) is 9.34. The summed E-state index contributed by atoms with van der Waals surface area (Å²) >= 11 is 0. The third-order valence-corrected chi connectivity index (χ3v) is 2.99. The molecule has 4 heteroatoms. The second-order valence-corrected chi connectivity index (χ2v) is 5.82. The summed E-state index contributed by atoms with van der Waals surface area (Å²) in [5.41, 5.74) is 1.24. The van der Waals surface area contributed by atoms with Crippen LogP contribution in [0.2, 0.25) is 0 Å². The third kappa shape index (κ3) is 5.21. The summed E-state index contributed by atoms with van der Waals surface area (Å²) in [5, 5.41) is 2.76. The molecule has 0 fully saturated rings. The fourth-order valence-electron chi connectivity index (χ4n) is 1.71. The predicted molar refractivity (Wildman–Crippen MR) is 80.1 cm³/mol. The summed E-state index contributed by atoms with van der Waals surface area (Å²) in [5.74, 6) is 0.579. The van der Waals surface area contributed by atoms with E-state index < -0.39 is 6.10 Å². The van der Waals surface area contributed by atoms with Crippen LogP contribution >= 0.6 is 0 Å². The normalized spacial score (nSPS) is 12.8. The average molecular weight is 279 g/mol. The molecule has 0 aliphatic rings. The van der Waals surface area contributed by atoms with Crippen LogP contribution in [0.3, 0.4) is 0 Å². The highest BCUT2D eigenvalue weighted by Crippen LogP contribution is 2.26. The molecule has 0 radical (unpaired) electrons. The largest absolute Gasteiger partial charge is 0.481 e. The molecule has 0 aromatic heterocycles. The Balaban J connectivity index is 2.62. The third-order valence-electron chi connectivity index (χ3n) is 2.99. The number of amides is 1. The van der Waals surface area contributed by atoms with E-state index in [9.17, 15) is 4.79 Å². The smallest absolute Gasteiger partial charge is 0.260 e. The van der Waals surface area contributed by atoms with Crippen LogP contribution in [0.1, 0.15) is 33.3 Å². The molecule has 1 unspecified atom stereocenters. The van der Waals surface area contributed by atoms with Gasteiger partial charge in [0.25, 0.3) is 5.91 Å². The number of methoxy groups -OCH3 is 1. The molecule has 1 rings (SSSR count). The Labute approximate surface area is 121 Å². The summed E-state index contributed by atoms with van der Waals surface area (Å²) in [7, 11) is 1.60. The van der Waals surface area contributed by atoms with Gasteiger partial charge in [-0.25, -0.2) is 0 Å². The predicted octanol–water partition coefficient (Wildman–Crippen LogP) is 2.51. The molecule has 20 heavy (non-hydrogen) atoms. The molecule has 1 N–H and O–H groups in total. The van der Waals surface area contributed by atoms with Crippen LogP contribution in [0.25, 0.3) is 0 Å². The highest BCUT2D eigenvalue weighted by molar-refractivity contribution is 5.80. The summed E-state index contributed by atoms with van der Waals surface area (Å²) in [6.45, 7) is 9.17. The van der Waals surface area contributed by atoms with Crippen molar-refractivity contribution in [3.05, 3.63) is 29.8 Å². The van der Waals surface area contributed by atoms with E-state index in [1.807, 2.05) is 18.2 Å². The summed E-state index contributed by atoms with van der Waals surface area (Å²) in [6.07, 6.45) is -0.526. The molecular formula is C16H25NO3. The second kappa shape index (κ2) is 7.29. The molecule has 0 bridgehead atoms. The molecule has 0 spiro atoms. The lowest BCUT2D eigenvalue weighted by atomic mass is 9.87. The molecule has 0 saturated carbocycles. The molecule has 0 aliphatic carbocycles. The van der Waals surface area contributed by atoms with E-state index in [1.165, 1.54) is 5.56 Å². The van der Waals surface area contributed by atoms with Crippen molar-refractivity contribution in [2.45, 2.75) is 39.2 Å². The standard InChI is InChI=1S/C16H25NO3/c1-12(15(18)17-9-10-19-5)20-14-8-6-7-13(11-14)16(2,3)4/h6-8,11-12H,9-10H2,1-5H3,(H,17,18). The Morgan fingerprint density at radius 3 is 2.65 bits per heavy atom. The number of carbonyl (C=O) groups is 1. The van der Waals surface area contributed by atoms with Crippen LogP contribution in [0.15, 0.2) is 24.3 Å². The number of hydrogen-bond donors (Lipinski definition) is 1. The van der Waals surface area contributed by atoms with E-state index in [4.69, 9.17) is 9.47 Å². The Morgan fingerprint density at radius 2 is 2.05 bits per heavy atom. The number of rotatable bonds is 6. The SMILES string of the molecule is COCCNC(=O)C(C)Oc1cccc(C(C)(C)C)c1. The number of hydrogen-bond acceptors (Lipinski definition) is 3. The quantitative estimate of drug-likeness (QED) is 0.814. The minimum absolute atomic E-state index is 0.0589. The van der Waals surface area contributed by atoms with Gasteiger partial charge in [-0.1, -0.05) is 32.9 Å². The van der Waals surface area contributed by atoms with E-state index in [0.29, 0.717) is 18.9 Å². The van der Waals surface area contributed by atoms with Gasteiger partial charge >= 0.3 is 0 Å². The van der Waals surface area contributed by atoms with Crippen molar-refractivity contribution in [2.24, 2.45) is 0 Å². The van der Waals surface area contributed by atoms with Crippen LogP contribution in [0.4, 0.5) is 0 Å². The zero-order chi connectivity index (χ0) is 15.2. The first-order valence-corrected chi connectivity index (χ1v) is 6.88. The fraction of sp³-hybridized carbons (Fsp3) is 0.562. The van der Waals surface area contributed by atoms with Crippen molar-refractivity contribution in [3.63, 3.8) is 0 Å². The lowest BCUT2D eigenvalue weighted by Gasteiger charge is -2.21. The van der Waals surface area contributed by atoms with Crippen molar-refractivity contribution < 1.29 is 14.3 Å². The van der Waals surface area contributed by atoms with Gasteiger partial charge in [0.2, 0.25) is 0 Å². The van der Waals surface area contributed by atoms with Crippen LogP contribution in [-0.2, 0) is 14.9 Å². The molecule has 4 nitrogen and oxygen atoms in total. The molecule has 1 aromatic carbocycles. The van der Waals surface area contributed by atoms with E-state index in [1.54, 1.807) is 14.0 Å². The van der Waals surface area contributed by atoms with Gasteiger partial charge in [-0.3, -0.25) is 4.79 Å². The average Bonchev–Trinajstić information content (AvgIpc) is 2.38. The Hall–Kier alpha value is -1.55. The van der Waals surface area contributed by atoms with E-state index in [0.717, 1.165) is 0 Å². The lowest BCUT2D eigenvalue weighted by molar-refractivity contribution is -0.127. The molecule has 0 aliphatic heterocycles. The lowest BCUT2D eigenvalue weighted by Crippen LogP contribution is -2.37. The monoisotopic (exact) mass is 279 g/mol. The van der Waals surface area contributed by atoms with Gasteiger partial charge in [-0.05, 0) is 30.0 Å². The van der Waals surface area contributed by atoms with Gasteiger partial charge in [0.05, 0.1) is 6.61 Å². The molecule has 1 aromatic rings. The zero-order valence-corrected chi connectivity index (χ0v) is 13.0. The van der Waals surface area contributed by atoms with Crippen molar-refractivity contribution in [1.29, 1.82) is 0 Å². The van der Waals surface area contributed by atoms with Gasteiger partial charge < -0.3 is 14.8 Å². The van der Waals surface area contributed by atoms with Gasteiger partial charge in [0.1, 0.15) is 5.75 Å². The molecule has 0 saturated heterocycles. The first kappa shape index (κ1) is 16.5. The molecular weight excluding hydrogens is 254 g/mol. The molecule has 0 heterocycles. The number of ether oxygens (including phenoxy) is 2. The van der Waals surface area contributed by atoms with Crippen LogP contribution in [-0.4, -0.2) is 32.3 Å². The second-order valence-electron chi connectivity index (χ2n) is 5.82. The molecule has 1 amide bonds. The van der Waals surface area contributed by atoms with Crippen molar-refractivity contribution in [3.8, 4) is 5.75 Å². The Morgan fingerprint density at radius 1 is 1.35 bits per heavy atom. The molecule has 112 valence electrons. The minimum atomic E-state index is -0.526. The highest BCUT2D eigenvalue weighted by atomic mass is 16.5. The Bertz CT molecular complexity index is 438. The summed E-state index contributed by atoms with van der Waals surface area (Å²) in [6, 6.07) is 7.87. The van der Waals surface area contributed by atoms with E-state index in [-0.39, 0.29) is 11.3 Å². The fourth-order valence-corrected chi connectivity index (χ4v) is 1.71. The summed E-state index contributed by atoms with van der Waals surface area (Å²) in [4.78, 5) is 11.8. The van der Waals surface area contributed by atoms with Crippen LogP contribution < -0.4 is 10.1 Å². The Kier molecular flexibility index (Phi) is 6.02. The maximum absolute atomic E-state index is 11.8. The van der Waals surface area contributed by atoms with Gasteiger partial charge in [0, 0.05) is 13.7 Å². The maximum atomic E-state index is 11.8. The van der Waals surface area contributed by atoms with E-state index in [2.05, 4.69) is 32.2 Å². The molecule has 1 atom stereocenters. The number of benzene rings is 1. The number of carbonyl (C=O) groups excluding carboxylic acids is 1. The van der Waals surface area contributed by atoms with Crippen molar-refractivity contribution >= 4 is 5.91 Å². The van der Waals surface area contributed by atoms with Crippen LogP contribution in [0.5, 0.6) is 5.75 Å². The minimum Gasteiger partial charge on any atom is -0.481 e. The van der Waals surface area contributed by atoms with Gasteiger partial charge in [-0.15, -0.1) is 0 Å². The summed E-state index contributed by atoms with van der Waals surface area (Å²) < 4.78 is 10.6. The van der Waals surface area contributed by atoms with E-state index >= 15 is 0 Å².